The van der Waals surface area contributed by atoms with Crippen LogP contribution in [0.4, 0.5) is 11.0 Å². The summed E-state index contributed by atoms with van der Waals surface area (Å²) in [6.45, 7) is 1.97. The van der Waals surface area contributed by atoms with E-state index in [1.54, 1.807) is 0 Å². The van der Waals surface area contributed by atoms with E-state index in [0.29, 0.717) is 5.13 Å². The highest BCUT2D eigenvalue weighted by atomic mass is 79.9. The van der Waals surface area contributed by atoms with Crippen LogP contribution in [0.2, 0.25) is 0 Å². The topological polar surface area (TPSA) is 102 Å². The van der Waals surface area contributed by atoms with Crippen LogP contribution in [0.1, 0.15) is 21.7 Å². The van der Waals surface area contributed by atoms with Crippen LogP contribution >= 0.6 is 27.3 Å². The third-order valence-electron chi connectivity index (χ3n) is 4.08. The molecule has 0 aliphatic heterocycles. The highest BCUT2D eigenvalue weighted by molar-refractivity contribution is 9.10. The number of hydrogen-bond donors (Lipinski definition) is 0. The Kier molecular flexibility index (Phi) is 5.42. The van der Waals surface area contributed by atoms with Crippen LogP contribution in [-0.2, 0) is 0 Å². The zero-order valence-electron chi connectivity index (χ0n) is 15.5. The average molecular weight is 485 g/mol. The number of furan rings is 1. The molecule has 0 saturated carbocycles. The van der Waals surface area contributed by atoms with Crippen molar-refractivity contribution in [2.24, 2.45) is 5.10 Å². The van der Waals surface area contributed by atoms with Crippen LogP contribution in [0.5, 0.6) is 0 Å². The molecule has 0 bridgehead atoms. The van der Waals surface area contributed by atoms with E-state index in [-0.39, 0.29) is 5.76 Å². The van der Waals surface area contributed by atoms with E-state index in [1.807, 2.05) is 49.4 Å². The predicted molar refractivity (Wildman–Crippen MR) is 118 cm³/mol. The van der Waals surface area contributed by atoms with Gasteiger partial charge in [-0.05, 0) is 48.4 Å². The molecular weight excluding hydrogens is 472 g/mol. The van der Waals surface area contributed by atoms with Crippen molar-refractivity contribution in [1.82, 2.24) is 4.98 Å². The minimum atomic E-state index is -0.702. The van der Waals surface area contributed by atoms with Gasteiger partial charge in [-0.25, -0.2) is 4.98 Å². The van der Waals surface area contributed by atoms with Gasteiger partial charge in [0.1, 0.15) is 4.92 Å². The molecular formula is C20H13BrN4O4S. The molecule has 4 aromatic rings. The molecule has 0 saturated heterocycles. The predicted octanol–water partition coefficient (Wildman–Crippen LogP) is 5.55. The number of hydrazone groups is 1. The van der Waals surface area contributed by atoms with Crippen molar-refractivity contribution in [3.05, 3.63) is 86.1 Å². The van der Waals surface area contributed by atoms with E-state index < -0.39 is 16.7 Å². The second kappa shape index (κ2) is 8.17. The van der Waals surface area contributed by atoms with Crippen LogP contribution in [0, 0.1) is 17.0 Å². The second-order valence-electron chi connectivity index (χ2n) is 6.28. The Morgan fingerprint density at radius 2 is 2.00 bits per heavy atom. The van der Waals surface area contributed by atoms with Crippen molar-refractivity contribution in [2.45, 2.75) is 6.92 Å². The van der Waals surface area contributed by atoms with Crippen LogP contribution in [0.15, 0.2) is 68.6 Å². The van der Waals surface area contributed by atoms with Gasteiger partial charge >= 0.3 is 11.8 Å². The maximum absolute atomic E-state index is 13.1. The van der Waals surface area contributed by atoms with Gasteiger partial charge in [0.15, 0.2) is 0 Å². The number of carbonyl (C=O) groups excluding carboxylic acids is 1. The zero-order chi connectivity index (χ0) is 21.3. The van der Waals surface area contributed by atoms with Gasteiger partial charge in [-0.15, -0.1) is 0 Å². The van der Waals surface area contributed by atoms with Gasteiger partial charge in [0, 0.05) is 4.47 Å². The molecule has 0 unspecified atom stereocenters. The molecule has 0 N–H and O–H groups in total. The largest absolute Gasteiger partial charge is 0.433 e. The van der Waals surface area contributed by atoms with Crippen LogP contribution in [0.3, 0.4) is 0 Å². The molecule has 0 radical (unpaired) electrons. The Labute approximate surface area is 182 Å². The summed E-state index contributed by atoms with van der Waals surface area (Å²) in [7, 11) is 0. The van der Waals surface area contributed by atoms with E-state index in [1.165, 1.54) is 23.6 Å². The van der Waals surface area contributed by atoms with Gasteiger partial charge in [0.05, 0.1) is 22.5 Å². The monoisotopic (exact) mass is 484 g/mol. The lowest BCUT2D eigenvalue weighted by Gasteiger charge is -2.11. The number of amides is 1. The Hall–Kier alpha value is -3.37. The lowest BCUT2D eigenvalue weighted by Crippen LogP contribution is -2.25. The Morgan fingerprint density at radius 3 is 2.70 bits per heavy atom. The number of hydrogen-bond acceptors (Lipinski definition) is 7. The third kappa shape index (κ3) is 4.14. The van der Waals surface area contributed by atoms with Crippen molar-refractivity contribution in [3.8, 4) is 0 Å². The number of aromatic nitrogens is 1. The molecule has 30 heavy (non-hydrogen) atoms. The molecule has 0 spiro atoms. The first-order valence-electron chi connectivity index (χ1n) is 8.66. The fourth-order valence-electron chi connectivity index (χ4n) is 2.62. The molecule has 0 aliphatic rings. The molecule has 0 atom stereocenters. The van der Waals surface area contributed by atoms with Crippen LogP contribution < -0.4 is 5.01 Å². The molecule has 10 heteroatoms. The fraction of sp³-hybridized carbons (Fsp3) is 0.0500. The minimum absolute atomic E-state index is 0.204. The summed E-state index contributed by atoms with van der Waals surface area (Å²) in [5, 5.41) is 16.6. The van der Waals surface area contributed by atoms with Gasteiger partial charge in [-0.3, -0.25) is 14.9 Å². The molecule has 0 fully saturated rings. The van der Waals surface area contributed by atoms with E-state index >= 15 is 0 Å². The average Bonchev–Trinajstić information content (AvgIpc) is 3.36. The van der Waals surface area contributed by atoms with Crippen molar-refractivity contribution in [3.63, 3.8) is 0 Å². The van der Waals surface area contributed by atoms with E-state index in [0.717, 1.165) is 36.9 Å². The number of anilines is 1. The maximum atomic E-state index is 13.1. The van der Waals surface area contributed by atoms with Crippen molar-refractivity contribution < 1.29 is 14.1 Å². The highest BCUT2D eigenvalue weighted by Crippen LogP contribution is 2.31. The van der Waals surface area contributed by atoms with Crippen molar-refractivity contribution >= 4 is 60.6 Å². The lowest BCUT2D eigenvalue weighted by atomic mass is 10.2. The number of nitro groups is 1. The molecule has 0 aliphatic carbocycles. The van der Waals surface area contributed by atoms with Crippen LogP contribution in [0.25, 0.3) is 10.2 Å². The van der Waals surface area contributed by atoms with Gasteiger partial charge in [-0.1, -0.05) is 45.5 Å². The summed E-state index contributed by atoms with van der Waals surface area (Å²) >= 11 is 4.66. The number of fused-ring (bicyclic) bond motifs is 1. The standard InChI is InChI=1S/C20H13BrN4O4S/c1-12-2-7-15-17(10-12)30-20(23-15)24(22-11-13-3-5-14(21)6-4-13)19(26)16-8-9-18(29-16)25(27)28/h2-11H,1H3/b22-11+. The number of nitrogens with zero attached hydrogens (tertiary/aromatic N) is 4. The van der Waals surface area contributed by atoms with E-state index in [9.17, 15) is 14.9 Å². The quantitative estimate of drug-likeness (QED) is 0.210. The second-order valence-corrected chi connectivity index (χ2v) is 8.20. The van der Waals surface area contributed by atoms with Crippen LogP contribution in [-0.4, -0.2) is 22.0 Å². The Morgan fingerprint density at radius 1 is 1.23 bits per heavy atom. The molecule has 4 rings (SSSR count). The van der Waals surface area contributed by atoms with Gasteiger partial charge in [-0.2, -0.15) is 10.1 Å². The number of aryl methyl sites for hydroxylation is 1. The summed E-state index contributed by atoms with van der Waals surface area (Å²) in [4.78, 5) is 27.8. The fourth-order valence-corrected chi connectivity index (χ4v) is 3.90. The SMILES string of the molecule is Cc1ccc2nc(N(/N=C/c3ccc(Br)cc3)C(=O)c3ccc([N+](=O)[O-])o3)sc2c1. The number of halogens is 1. The summed E-state index contributed by atoms with van der Waals surface area (Å²) in [6, 6.07) is 15.5. The molecule has 1 amide bonds. The molecule has 2 heterocycles. The Bertz CT molecular complexity index is 1280. The molecule has 8 nitrogen and oxygen atoms in total. The molecule has 150 valence electrons. The van der Waals surface area contributed by atoms with E-state index in [4.69, 9.17) is 4.42 Å². The lowest BCUT2D eigenvalue weighted by molar-refractivity contribution is -0.402. The zero-order valence-corrected chi connectivity index (χ0v) is 17.9. The molecule has 2 aromatic heterocycles. The minimum Gasteiger partial charge on any atom is -0.395 e. The van der Waals surface area contributed by atoms with Gasteiger partial charge < -0.3 is 4.42 Å². The first-order chi connectivity index (χ1) is 14.4. The van der Waals surface area contributed by atoms with Gasteiger partial charge in [0.25, 0.3) is 0 Å². The number of thiazole rings is 1. The van der Waals surface area contributed by atoms with Crippen molar-refractivity contribution in [1.29, 1.82) is 0 Å². The third-order valence-corrected chi connectivity index (χ3v) is 5.60. The first-order valence-corrected chi connectivity index (χ1v) is 10.3. The number of carbonyl (C=O) groups is 1. The first kappa shape index (κ1) is 19.9. The summed E-state index contributed by atoms with van der Waals surface area (Å²) in [6.07, 6.45) is 1.51. The summed E-state index contributed by atoms with van der Waals surface area (Å²) < 4.78 is 6.89. The smallest absolute Gasteiger partial charge is 0.395 e. The summed E-state index contributed by atoms with van der Waals surface area (Å²) in [5.74, 6) is -1.38. The van der Waals surface area contributed by atoms with E-state index in [2.05, 4.69) is 26.0 Å². The summed E-state index contributed by atoms with van der Waals surface area (Å²) in [5.41, 5.74) is 2.55. The van der Waals surface area contributed by atoms with Gasteiger partial charge in [0.2, 0.25) is 10.9 Å². The maximum Gasteiger partial charge on any atom is 0.433 e. The van der Waals surface area contributed by atoms with Crippen molar-refractivity contribution in [2.75, 3.05) is 5.01 Å². The number of rotatable bonds is 5. The molecule has 2 aromatic carbocycles. The highest BCUT2D eigenvalue weighted by Gasteiger charge is 2.26. The Balaban J connectivity index is 1.75. The number of benzene rings is 2. The normalized spacial score (nSPS) is 11.3.